The summed E-state index contributed by atoms with van der Waals surface area (Å²) in [5.41, 5.74) is 1.90. The molecule has 27 heavy (non-hydrogen) atoms. The Kier molecular flexibility index (Phi) is 5.82. The Bertz CT molecular complexity index is 913. The van der Waals surface area contributed by atoms with Crippen LogP contribution < -0.4 is 9.46 Å². The Balaban J connectivity index is 1.63. The Hall–Kier alpha value is -2.38. The molecule has 3 rings (SSSR count). The van der Waals surface area contributed by atoms with Gasteiger partial charge in [0, 0.05) is 26.1 Å². The van der Waals surface area contributed by atoms with Crippen molar-refractivity contribution in [1.82, 2.24) is 9.62 Å². The lowest BCUT2D eigenvalue weighted by Crippen LogP contribution is -2.31. The van der Waals surface area contributed by atoms with Crippen molar-refractivity contribution < 1.29 is 17.9 Å². The van der Waals surface area contributed by atoms with Crippen LogP contribution in [0.3, 0.4) is 0 Å². The van der Waals surface area contributed by atoms with Gasteiger partial charge in [-0.2, -0.15) is 0 Å². The molecule has 144 valence electrons. The van der Waals surface area contributed by atoms with Gasteiger partial charge >= 0.3 is 0 Å². The van der Waals surface area contributed by atoms with E-state index in [9.17, 15) is 13.2 Å². The highest BCUT2D eigenvalue weighted by atomic mass is 32.2. The van der Waals surface area contributed by atoms with Gasteiger partial charge in [0.1, 0.15) is 10.6 Å². The minimum Gasteiger partial charge on any atom is -0.495 e. The van der Waals surface area contributed by atoms with Crippen molar-refractivity contribution >= 4 is 15.9 Å². The smallest absolute Gasteiger partial charge is 0.244 e. The van der Waals surface area contributed by atoms with Gasteiger partial charge in [0.25, 0.3) is 0 Å². The van der Waals surface area contributed by atoms with Crippen LogP contribution in [-0.4, -0.2) is 39.4 Å². The average molecular weight is 388 g/mol. The maximum atomic E-state index is 12.7. The molecule has 0 spiro atoms. The summed E-state index contributed by atoms with van der Waals surface area (Å²) >= 11 is 0. The molecule has 6 nitrogen and oxygen atoms in total. The number of hydrogen-bond acceptors (Lipinski definition) is 4. The summed E-state index contributed by atoms with van der Waals surface area (Å²) in [5.74, 6) is 0.310. The molecule has 1 atom stereocenters. The quantitative estimate of drug-likeness (QED) is 0.790. The van der Waals surface area contributed by atoms with E-state index in [1.54, 1.807) is 23.1 Å². The third-order valence-electron chi connectivity index (χ3n) is 4.68. The number of nitrogens with zero attached hydrogens (tertiary/aromatic N) is 1. The van der Waals surface area contributed by atoms with Crippen LogP contribution in [0.25, 0.3) is 0 Å². The summed E-state index contributed by atoms with van der Waals surface area (Å²) in [6.07, 6.45) is 0.348. The summed E-state index contributed by atoms with van der Waals surface area (Å²) in [6.45, 7) is 3.14. The van der Waals surface area contributed by atoms with Gasteiger partial charge in [0.05, 0.1) is 7.11 Å². The summed E-state index contributed by atoms with van der Waals surface area (Å²) < 4.78 is 33.2. The zero-order valence-corrected chi connectivity index (χ0v) is 16.3. The molecule has 1 fully saturated rings. The van der Waals surface area contributed by atoms with E-state index in [0.717, 1.165) is 11.1 Å². The molecule has 1 heterocycles. The minimum absolute atomic E-state index is 0.0493. The van der Waals surface area contributed by atoms with E-state index in [1.807, 2.05) is 37.3 Å². The monoisotopic (exact) mass is 388 g/mol. The molecule has 1 amide bonds. The number of likely N-dealkylation sites (tertiary alicyclic amines) is 1. The lowest BCUT2D eigenvalue weighted by molar-refractivity contribution is -0.128. The van der Waals surface area contributed by atoms with E-state index < -0.39 is 10.0 Å². The van der Waals surface area contributed by atoms with Crippen LogP contribution >= 0.6 is 0 Å². The Labute approximate surface area is 160 Å². The maximum Gasteiger partial charge on any atom is 0.244 e. The predicted molar refractivity (Wildman–Crippen MR) is 103 cm³/mol. The molecule has 7 heteroatoms. The third-order valence-corrected chi connectivity index (χ3v) is 6.13. The second kappa shape index (κ2) is 8.10. The second-order valence-electron chi connectivity index (χ2n) is 6.84. The number of amides is 1. The van der Waals surface area contributed by atoms with E-state index in [-0.39, 0.29) is 23.3 Å². The van der Waals surface area contributed by atoms with Crippen molar-refractivity contribution in [3.05, 3.63) is 59.7 Å². The van der Waals surface area contributed by atoms with Crippen LogP contribution in [0.1, 0.15) is 17.5 Å². The van der Waals surface area contributed by atoms with Gasteiger partial charge in [-0.3, -0.25) is 4.79 Å². The van der Waals surface area contributed by atoms with Gasteiger partial charge in [0.15, 0.2) is 0 Å². The molecule has 2 aromatic rings. The standard InChI is InChI=1S/C20H24N2O4S/c1-15-8-9-18(26-2)19(10-15)27(24,25)21-12-17-11-20(23)22(14-17)13-16-6-4-3-5-7-16/h3-10,17,21H,11-14H2,1-2H3. The molecular formula is C20H24N2O4S. The van der Waals surface area contributed by atoms with Crippen LogP contribution in [0.15, 0.2) is 53.4 Å². The van der Waals surface area contributed by atoms with Crippen molar-refractivity contribution in [1.29, 1.82) is 0 Å². The van der Waals surface area contributed by atoms with Crippen molar-refractivity contribution in [2.24, 2.45) is 5.92 Å². The summed E-state index contributed by atoms with van der Waals surface area (Å²) in [7, 11) is -2.27. The van der Waals surface area contributed by atoms with Gasteiger partial charge in [-0.05, 0) is 36.1 Å². The predicted octanol–water partition coefficient (Wildman–Crippen LogP) is 2.33. The Morgan fingerprint density at radius 1 is 1.19 bits per heavy atom. The molecule has 1 unspecified atom stereocenters. The van der Waals surface area contributed by atoms with Gasteiger partial charge in [-0.25, -0.2) is 13.1 Å². The highest BCUT2D eigenvalue weighted by molar-refractivity contribution is 7.89. The molecule has 0 saturated carbocycles. The molecule has 1 saturated heterocycles. The summed E-state index contributed by atoms with van der Waals surface area (Å²) in [4.78, 5) is 14.2. The Morgan fingerprint density at radius 2 is 1.93 bits per heavy atom. The first-order valence-corrected chi connectivity index (χ1v) is 10.3. The number of ether oxygens (including phenoxy) is 1. The van der Waals surface area contributed by atoms with Crippen molar-refractivity contribution in [3.63, 3.8) is 0 Å². The van der Waals surface area contributed by atoms with Gasteiger partial charge in [0.2, 0.25) is 15.9 Å². The normalized spacial score (nSPS) is 17.3. The van der Waals surface area contributed by atoms with Crippen molar-refractivity contribution in [3.8, 4) is 5.75 Å². The molecule has 2 aromatic carbocycles. The van der Waals surface area contributed by atoms with Crippen LogP contribution in [0, 0.1) is 12.8 Å². The molecule has 1 aliphatic heterocycles. The minimum atomic E-state index is -3.71. The van der Waals surface area contributed by atoms with Gasteiger partial charge in [-0.15, -0.1) is 0 Å². The zero-order valence-electron chi connectivity index (χ0n) is 15.5. The SMILES string of the molecule is COc1ccc(C)cc1S(=O)(=O)NCC1CC(=O)N(Cc2ccccc2)C1. The number of methoxy groups -OCH3 is 1. The topological polar surface area (TPSA) is 75.7 Å². The molecule has 0 bridgehead atoms. The first-order valence-electron chi connectivity index (χ1n) is 8.85. The highest BCUT2D eigenvalue weighted by Gasteiger charge is 2.31. The Morgan fingerprint density at radius 3 is 2.63 bits per heavy atom. The van der Waals surface area contributed by atoms with Crippen molar-refractivity contribution in [2.45, 2.75) is 24.8 Å². The van der Waals surface area contributed by atoms with Crippen molar-refractivity contribution in [2.75, 3.05) is 20.2 Å². The largest absolute Gasteiger partial charge is 0.495 e. The number of carbonyl (C=O) groups excluding carboxylic acids is 1. The fourth-order valence-corrected chi connectivity index (χ4v) is 4.61. The molecule has 0 aliphatic carbocycles. The summed E-state index contributed by atoms with van der Waals surface area (Å²) in [5, 5.41) is 0. The number of rotatable bonds is 7. The van der Waals surface area contributed by atoms with Gasteiger partial charge < -0.3 is 9.64 Å². The maximum absolute atomic E-state index is 12.7. The highest BCUT2D eigenvalue weighted by Crippen LogP contribution is 2.25. The van der Waals surface area contributed by atoms with Crippen LogP contribution in [-0.2, 0) is 21.4 Å². The fraction of sp³-hybridized carbons (Fsp3) is 0.350. The summed E-state index contributed by atoms with van der Waals surface area (Å²) in [6, 6.07) is 14.8. The molecule has 0 aromatic heterocycles. The first kappa shape index (κ1) is 19.4. The molecule has 0 radical (unpaired) electrons. The lowest BCUT2D eigenvalue weighted by Gasteiger charge is -2.17. The third kappa shape index (κ3) is 4.67. The number of benzene rings is 2. The lowest BCUT2D eigenvalue weighted by atomic mass is 10.1. The van der Waals surface area contributed by atoms with Gasteiger partial charge in [-0.1, -0.05) is 36.4 Å². The van der Waals surface area contributed by atoms with Crippen LogP contribution in [0.2, 0.25) is 0 Å². The van der Waals surface area contributed by atoms with E-state index in [4.69, 9.17) is 4.74 Å². The van der Waals surface area contributed by atoms with E-state index >= 15 is 0 Å². The average Bonchev–Trinajstić information content (AvgIpc) is 3.00. The number of carbonyl (C=O) groups is 1. The molecular weight excluding hydrogens is 364 g/mol. The first-order chi connectivity index (χ1) is 12.9. The van der Waals surface area contributed by atoms with E-state index in [1.165, 1.54) is 7.11 Å². The molecule has 1 N–H and O–H groups in total. The second-order valence-corrected chi connectivity index (χ2v) is 8.57. The molecule has 1 aliphatic rings. The number of hydrogen-bond donors (Lipinski definition) is 1. The number of aryl methyl sites for hydroxylation is 1. The van der Waals surface area contributed by atoms with Crippen LogP contribution in [0.5, 0.6) is 5.75 Å². The fourth-order valence-electron chi connectivity index (χ4n) is 3.25. The number of nitrogens with one attached hydrogen (secondary N) is 1. The van der Waals surface area contributed by atoms with E-state index in [0.29, 0.717) is 25.3 Å². The zero-order chi connectivity index (χ0) is 19.4. The number of sulfonamides is 1. The van der Waals surface area contributed by atoms with E-state index in [2.05, 4.69) is 4.72 Å². The van der Waals surface area contributed by atoms with Crippen LogP contribution in [0.4, 0.5) is 0 Å².